The van der Waals surface area contributed by atoms with Crippen LogP contribution in [0, 0.1) is 5.92 Å². The molecule has 0 aromatic heterocycles. The Bertz CT molecular complexity index is 1080. The van der Waals surface area contributed by atoms with Crippen molar-refractivity contribution in [3.63, 3.8) is 0 Å². The quantitative estimate of drug-likeness (QED) is 0.229. The number of esters is 2. The second kappa shape index (κ2) is 13.8. The minimum Gasteiger partial charge on any atom is -0.497 e. The molecule has 3 aromatic rings. The van der Waals surface area contributed by atoms with E-state index >= 15 is 0 Å². The monoisotopic (exact) mass is 492 g/mol. The van der Waals surface area contributed by atoms with Gasteiger partial charge in [-0.2, -0.15) is 0 Å². The molecule has 190 valence electrons. The number of hydrogen-bond acceptors (Lipinski definition) is 7. The summed E-state index contributed by atoms with van der Waals surface area (Å²) in [5.74, 6) is -0.728. The fourth-order valence-electron chi connectivity index (χ4n) is 3.61. The van der Waals surface area contributed by atoms with Crippen LogP contribution in [0.1, 0.15) is 37.5 Å². The predicted molar refractivity (Wildman–Crippen MR) is 135 cm³/mol. The highest BCUT2D eigenvalue weighted by Gasteiger charge is 2.34. The predicted octanol–water partition coefficient (Wildman–Crippen LogP) is 5.53. The lowest BCUT2D eigenvalue weighted by Gasteiger charge is -2.24. The standard InChI is InChI=1S/C29H32O7/c1-4-33-28(30)24(29(31)34-5-2)19-27(22-15-17-23(32-3)18-16-22)36-26-14-10-9-13-25(26)35-20-21-11-7-6-8-12-21/h6-18,24,27H,4-5,19-20H2,1-3H3. The zero-order valence-electron chi connectivity index (χ0n) is 20.8. The summed E-state index contributed by atoms with van der Waals surface area (Å²) in [6.07, 6.45) is -0.645. The SMILES string of the molecule is CCOC(=O)C(CC(Oc1ccccc1OCc1ccccc1)c1ccc(OC)cc1)C(=O)OCC. The molecule has 3 rings (SSSR count). The number of hydrogen-bond donors (Lipinski definition) is 0. The fraction of sp³-hybridized carbons (Fsp3) is 0.310. The summed E-state index contributed by atoms with van der Waals surface area (Å²) in [7, 11) is 1.58. The number of para-hydroxylation sites is 2. The lowest BCUT2D eigenvalue weighted by atomic mass is 9.96. The molecule has 0 aliphatic carbocycles. The van der Waals surface area contributed by atoms with Gasteiger partial charge in [0.2, 0.25) is 0 Å². The average molecular weight is 493 g/mol. The number of carbonyl (C=O) groups excluding carboxylic acids is 2. The van der Waals surface area contributed by atoms with Crippen molar-refractivity contribution in [3.8, 4) is 17.2 Å². The molecule has 0 aliphatic heterocycles. The maximum Gasteiger partial charge on any atom is 0.320 e. The van der Waals surface area contributed by atoms with E-state index in [1.807, 2.05) is 60.7 Å². The first-order chi connectivity index (χ1) is 17.5. The Hall–Kier alpha value is -4.00. The molecule has 7 nitrogen and oxygen atoms in total. The van der Waals surface area contributed by atoms with Crippen LogP contribution in [0.5, 0.6) is 17.2 Å². The summed E-state index contributed by atoms with van der Waals surface area (Å²) in [6, 6.07) is 24.4. The van der Waals surface area contributed by atoms with Gasteiger partial charge in [0.05, 0.1) is 20.3 Å². The lowest BCUT2D eigenvalue weighted by Crippen LogP contribution is -2.31. The van der Waals surface area contributed by atoms with E-state index in [4.69, 9.17) is 23.7 Å². The second-order valence-corrected chi connectivity index (χ2v) is 7.89. The molecule has 36 heavy (non-hydrogen) atoms. The molecule has 0 amide bonds. The Morgan fingerprint density at radius 1 is 0.750 bits per heavy atom. The summed E-state index contributed by atoms with van der Waals surface area (Å²) >= 11 is 0. The summed E-state index contributed by atoms with van der Waals surface area (Å²) in [5, 5.41) is 0. The molecule has 0 saturated carbocycles. The van der Waals surface area contributed by atoms with Crippen LogP contribution in [0.25, 0.3) is 0 Å². The third-order valence-electron chi connectivity index (χ3n) is 5.44. The van der Waals surface area contributed by atoms with Crippen molar-refractivity contribution in [1.82, 2.24) is 0 Å². The van der Waals surface area contributed by atoms with Crippen LogP contribution >= 0.6 is 0 Å². The number of rotatable bonds is 13. The van der Waals surface area contributed by atoms with E-state index in [-0.39, 0.29) is 19.6 Å². The van der Waals surface area contributed by atoms with Crippen molar-refractivity contribution in [3.05, 3.63) is 90.0 Å². The Morgan fingerprint density at radius 2 is 1.33 bits per heavy atom. The molecule has 3 aromatic carbocycles. The Kier molecular flexibility index (Phi) is 10.2. The number of carbonyl (C=O) groups is 2. The van der Waals surface area contributed by atoms with Gasteiger partial charge in [-0.3, -0.25) is 9.59 Å². The zero-order chi connectivity index (χ0) is 25.8. The fourth-order valence-corrected chi connectivity index (χ4v) is 3.61. The van der Waals surface area contributed by atoms with Gasteiger partial charge in [0.1, 0.15) is 18.5 Å². The lowest BCUT2D eigenvalue weighted by molar-refractivity contribution is -0.163. The van der Waals surface area contributed by atoms with Crippen molar-refractivity contribution in [2.24, 2.45) is 5.92 Å². The Labute approximate surface area is 211 Å². The van der Waals surface area contributed by atoms with Gasteiger partial charge in [0.15, 0.2) is 17.4 Å². The molecule has 0 spiro atoms. The summed E-state index contributed by atoms with van der Waals surface area (Å²) in [6.45, 7) is 4.05. The summed E-state index contributed by atoms with van der Waals surface area (Å²) in [4.78, 5) is 25.4. The van der Waals surface area contributed by atoms with Gasteiger partial charge in [0, 0.05) is 6.42 Å². The summed E-state index contributed by atoms with van der Waals surface area (Å²) in [5.41, 5.74) is 1.77. The van der Waals surface area contributed by atoms with Gasteiger partial charge in [-0.1, -0.05) is 54.6 Å². The molecule has 1 unspecified atom stereocenters. The number of benzene rings is 3. The smallest absolute Gasteiger partial charge is 0.320 e. The van der Waals surface area contributed by atoms with E-state index < -0.39 is 24.0 Å². The highest BCUT2D eigenvalue weighted by atomic mass is 16.6. The molecular weight excluding hydrogens is 460 g/mol. The van der Waals surface area contributed by atoms with Crippen LogP contribution in [0.2, 0.25) is 0 Å². The van der Waals surface area contributed by atoms with Crippen LogP contribution < -0.4 is 14.2 Å². The minimum atomic E-state index is -1.14. The maximum absolute atomic E-state index is 12.7. The van der Waals surface area contributed by atoms with Crippen LogP contribution in [0.15, 0.2) is 78.9 Å². The first kappa shape index (κ1) is 26.6. The van der Waals surface area contributed by atoms with Crippen molar-refractivity contribution in [1.29, 1.82) is 0 Å². The summed E-state index contributed by atoms with van der Waals surface area (Å²) < 4.78 is 28.0. The van der Waals surface area contributed by atoms with Crippen LogP contribution in [-0.2, 0) is 25.7 Å². The van der Waals surface area contributed by atoms with E-state index in [2.05, 4.69) is 0 Å². The number of methoxy groups -OCH3 is 1. The normalized spacial score (nSPS) is 11.4. The Morgan fingerprint density at radius 3 is 1.92 bits per heavy atom. The molecule has 0 N–H and O–H groups in total. The van der Waals surface area contributed by atoms with Crippen molar-refractivity contribution >= 4 is 11.9 Å². The van der Waals surface area contributed by atoms with E-state index in [1.54, 1.807) is 39.2 Å². The van der Waals surface area contributed by atoms with Gasteiger partial charge in [-0.15, -0.1) is 0 Å². The third kappa shape index (κ3) is 7.50. The molecule has 0 bridgehead atoms. The first-order valence-corrected chi connectivity index (χ1v) is 11.9. The van der Waals surface area contributed by atoms with Gasteiger partial charge in [-0.05, 0) is 49.2 Å². The van der Waals surface area contributed by atoms with Crippen LogP contribution in [0.3, 0.4) is 0 Å². The highest BCUT2D eigenvalue weighted by molar-refractivity contribution is 5.95. The van der Waals surface area contributed by atoms with Gasteiger partial charge in [-0.25, -0.2) is 0 Å². The molecule has 0 heterocycles. The molecule has 7 heteroatoms. The molecular formula is C29H32O7. The Balaban J connectivity index is 1.90. The van der Waals surface area contributed by atoms with Crippen molar-refractivity contribution in [2.45, 2.75) is 33.0 Å². The average Bonchev–Trinajstić information content (AvgIpc) is 2.91. The van der Waals surface area contributed by atoms with E-state index in [0.29, 0.717) is 23.9 Å². The maximum atomic E-state index is 12.7. The van der Waals surface area contributed by atoms with E-state index in [1.165, 1.54) is 0 Å². The third-order valence-corrected chi connectivity index (χ3v) is 5.44. The highest BCUT2D eigenvalue weighted by Crippen LogP contribution is 2.35. The molecule has 1 atom stereocenters. The van der Waals surface area contributed by atoms with Crippen LogP contribution in [-0.4, -0.2) is 32.3 Å². The van der Waals surface area contributed by atoms with Crippen LogP contribution in [0.4, 0.5) is 0 Å². The largest absolute Gasteiger partial charge is 0.497 e. The first-order valence-electron chi connectivity index (χ1n) is 11.9. The van der Waals surface area contributed by atoms with Crippen molar-refractivity contribution in [2.75, 3.05) is 20.3 Å². The molecule has 0 saturated heterocycles. The van der Waals surface area contributed by atoms with Gasteiger partial charge < -0.3 is 23.7 Å². The minimum absolute atomic E-state index is 0.0248. The topological polar surface area (TPSA) is 80.3 Å². The zero-order valence-corrected chi connectivity index (χ0v) is 20.8. The van der Waals surface area contributed by atoms with Crippen molar-refractivity contribution < 1.29 is 33.3 Å². The number of ether oxygens (including phenoxy) is 5. The van der Waals surface area contributed by atoms with E-state index in [0.717, 1.165) is 11.1 Å². The van der Waals surface area contributed by atoms with E-state index in [9.17, 15) is 9.59 Å². The molecule has 0 radical (unpaired) electrons. The molecule has 0 aliphatic rings. The van der Waals surface area contributed by atoms with Gasteiger partial charge >= 0.3 is 11.9 Å². The second-order valence-electron chi connectivity index (χ2n) is 7.89. The van der Waals surface area contributed by atoms with Gasteiger partial charge in [0.25, 0.3) is 0 Å². The molecule has 0 fully saturated rings.